The molecule has 2 saturated heterocycles. The Hall–Kier alpha value is -2.64. The number of carboxylic acids is 2. The molecule has 0 radical (unpaired) electrons. The smallest absolute Gasteiger partial charge is 0.322 e. The minimum Gasteiger partial charge on any atom is -0.480 e. The van der Waals surface area contributed by atoms with Gasteiger partial charge in [0.2, 0.25) is 11.8 Å². The summed E-state index contributed by atoms with van der Waals surface area (Å²) in [5, 5.41) is 22.6. The van der Waals surface area contributed by atoms with Crippen LogP contribution >= 0.6 is 11.8 Å². The maximum atomic E-state index is 12.9. The van der Waals surface area contributed by atoms with Gasteiger partial charge in [0.15, 0.2) is 0 Å². The molecule has 2 aliphatic heterocycles. The number of hydrogen-bond donors (Lipinski definition) is 5. The normalized spacial score (nSPS) is 31.3. The maximum Gasteiger partial charge on any atom is 0.322 e. The van der Waals surface area contributed by atoms with Gasteiger partial charge >= 0.3 is 17.9 Å². The van der Waals surface area contributed by atoms with Crippen molar-refractivity contribution >= 4 is 41.5 Å². The van der Waals surface area contributed by atoms with Gasteiger partial charge in [0, 0.05) is 23.8 Å². The highest BCUT2D eigenvalue weighted by molar-refractivity contribution is 7.99. The summed E-state index contributed by atoms with van der Waals surface area (Å²) in [5.74, 6) is -4.07. The number of epoxide rings is 1. The summed E-state index contributed by atoms with van der Waals surface area (Å²) in [4.78, 5) is 59.6. The minimum atomic E-state index is -1.24. The van der Waals surface area contributed by atoms with Crippen molar-refractivity contribution in [3.63, 3.8) is 0 Å². The van der Waals surface area contributed by atoms with Gasteiger partial charge in [0.1, 0.15) is 30.8 Å². The average Bonchev–Trinajstić information content (AvgIpc) is 3.42. The molecule has 3 rings (SSSR count). The van der Waals surface area contributed by atoms with Crippen molar-refractivity contribution in [2.45, 2.75) is 82.3 Å². The third-order valence-electron chi connectivity index (χ3n) is 7.39. The zero-order valence-corrected chi connectivity index (χ0v) is 22.5. The van der Waals surface area contributed by atoms with Gasteiger partial charge in [-0.15, -0.1) is 0 Å². The summed E-state index contributed by atoms with van der Waals surface area (Å²) in [6.45, 7) is 3.51. The number of nitrogens with two attached hydrogens (primary N) is 1. The van der Waals surface area contributed by atoms with Gasteiger partial charge in [-0.25, -0.2) is 0 Å². The molecular weight excluding hydrogens is 518 g/mol. The molecule has 2 fully saturated rings. The summed E-state index contributed by atoms with van der Waals surface area (Å²) >= 11 is 1.29. The lowest BCUT2D eigenvalue weighted by molar-refractivity contribution is -0.144. The van der Waals surface area contributed by atoms with Crippen molar-refractivity contribution in [3.8, 4) is 0 Å². The molecule has 0 bridgehead atoms. The highest BCUT2D eigenvalue weighted by Crippen LogP contribution is 2.50. The lowest BCUT2D eigenvalue weighted by Crippen LogP contribution is -2.49. The fourth-order valence-electron chi connectivity index (χ4n) is 4.99. The molecule has 0 aromatic carbocycles. The Morgan fingerprint density at radius 1 is 1.29 bits per heavy atom. The van der Waals surface area contributed by atoms with Crippen LogP contribution in [0.3, 0.4) is 0 Å². The highest BCUT2D eigenvalue weighted by atomic mass is 32.2. The molecule has 0 spiro atoms. The van der Waals surface area contributed by atoms with Crippen molar-refractivity contribution in [1.82, 2.24) is 10.6 Å². The van der Waals surface area contributed by atoms with Crippen LogP contribution in [-0.2, 0) is 33.4 Å². The number of carboxylic acid groups (broad SMARTS) is 2. The highest BCUT2D eigenvalue weighted by Gasteiger charge is 2.62. The van der Waals surface area contributed by atoms with Crippen LogP contribution < -0.4 is 16.4 Å². The fraction of sp³-hybridized carbons (Fsp3) is 0.720. The van der Waals surface area contributed by atoms with Gasteiger partial charge in [-0.3, -0.25) is 24.0 Å². The first-order valence-corrected chi connectivity index (χ1v) is 14.0. The van der Waals surface area contributed by atoms with E-state index in [4.69, 9.17) is 25.4 Å². The van der Waals surface area contributed by atoms with Crippen LogP contribution in [0, 0.1) is 11.8 Å². The first-order chi connectivity index (χ1) is 17.9. The predicted molar refractivity (Wildman–Crippen MR) is 137 cm³/mol. The number of nitrogens with one attached hydrogen (secondary N) is 2. The number of carbonyl (C=O) groups is 5. The van der Waals surface area contributed by atoms with E-state index in [0.29, 0.717) is 5.75 Å². The number of aliphatic carboxylic acids is 2. The van der Waals surface area contributed by atoms with Gasteiger partial charge in [-0.2, -0.15) is 11.8 Å². The molecule has 12 nitrogen and oxygen atoms in total. The molecule has 38 heavy (non-hydrogen) atoms. The van der Waals surface area contributed by atoms with Gasteiger partial charge in [-0.1, -0.05) is 11.6 Å². The number of esters is 1. The molecule has 7 atom stereocenters. The molecule has 0 aromatic heterocycles. The Balaban J connectivity index is 1.62. The Bertz CT molecular complexity index is 974. The lowest BCUT2D eigenvalue weighted by atomic mass is 9.81. The Morgan fingerprint density at radius 3 is 2.71 bits per heavy atom. The molecule has 6 N–H and O–H groups in total. The predicted octanol–water partition coefficient (Wildman–Crippen LogP) is 0.433. The standard InChI is InChI=1S/C25H37N3O9S/c1-13-4-3-9-25(2)21(37-25)20-14(6-5-13)15(24(35)36-20)11-38-12-17(22(32)27-10-19(30)31)28-18(29)8-7-16(26)23(33)34/h4,14-17,20-21H,3,5-12,26H2,1-2H3,(H,27,32)(H,28,29)(H,30,31)(H,33,34)/b13-4+/t14?,15?,16-,17?,20-,21?,25+/m0/s1. The van der Waals surface area contributed by atoms with Crippen LogP contribution in [0.25, 0.3) is 0 Å². The van der Waals surface area contributed by atoms with E-state index in [-0.39, 0.29) is 48.3 Å². The number of ether oxygens (including phenoxy) is 2. The van der Waals surface area contributed by atoms with Crippen LogP contribution in [0.2, 0.25) is 0 Å². The number of rotatable bonds is 12. The third-order valence-corrected chi connectivity index (χ3v) is 8.55. The number of hydrogen-bond acceptors (Lipinski definition) is 9. The topological polar surface area (TPSA) is 198 Å². The van der Waals surface area contributed by atoms with Gasteiger partial charge < -0.3 is 36.1 Å². The summed E-state index contributed by atoms with van der Waals surface area (Å²) in [6, 6.07) is -2.30. The minimum absolute atomic E-state index is 0.0466. The Morgan fingerprint density at radius 2 is 2.03 bits per heavy atom. The summed E-state index contributed by atoms with van der Waals surface area (Å²) < 4.78 is 11.8. The number of carbonyl (C=O) groups excluding carboxylic acids is 3. The van der Waals surface area contributed by atoms with E-state index in [1.165, 1.54) is 17.3 Å². The average molecular weight is 556 g/mol. The molecular formula is C25H37N3O9S. The van der Waals surface area contributed by atoms with Gasteiger partial charge in [-0.05, 0) is 46.0 Å². The van der Waals surface area contributed by atoms with Crippen molar-refractivity contribution in [3.05, 3.63) is 11.6 Å². The molecule has 4 unspecified atom stereocenters. The van der Waals surface area contributed by atoms with Gasteiger partial charge in [0.05, 0.1) is 11.5 Å². The van der Waals surface area contributed by atoms with E-state index in [1.807, 2.05) is 6.92 Å². The Labute approximate surface area is 225 Å². The van der Waals surface area contributed by atoms with Gasteiger partial charge in [0.25, 0.3) is 0 Å². The van der Waals surface area contributed by atoms with E-state index in [2.05, 4.69) is 23.6 Å². The van der Waals surface area contributed by atoms with Crippen LogP contribution in [0.1, 0.15) is 52.4 Å². The largest absolute Gasteiger partial charge is 0.480 e. The van der Waals surface area contributed by atoms with Crippen LogP contribution in [0.5, 0.6) is 0 Å². The first-order valence-electron chi connectivity index (χ1n) is 12.8. The van der Waals surface area contributed by atoms with Crippen LogP contribution in [0.4, 0.5) is 0 Å². The van der Waals surface area contributed by atoms with Crippen molar-refractivity contribution < 1.29 is 43.7 Å². The monoisotopic (exact) mass is 555 g/mol. The first kappa shape index (κ1) is 29.9. The SMILES string of the molecule is C/C1=C\CC[C@@]2(C)OC2[C@H]2OC(=O)C(CSCC(NC(=O)CC[C@H](N)C(=O)O)C(=O)NCC(=O)O)C2CC1. The molecule has 2 heterocycles. The summed E-state index contributed by atoms with van der Waals surface area (Å²) in [7, 11) is 0. The number of amides is 2. The van der Waals surface area contributed by atoms with Crippen LogP contribution in [-0.4, -0.2) is 87.9 Å². The van der Waals surface area contributed by atoms with Crippen molar-refractivity contribution in [2.24, 2.45) is 17.6 Å². The molecule has 3 aliphatic rings. The van der Waals surface area contributed by atoms with Crippen LogP contribution in [0.15, 0.2) is 11.6 Å². The van der Waals surface area contributed by atoms with E-state index in [1.54, 1.807) is 0 Å². The molecule has 2 amide bonds. The van der Waals surface area contributed by atoms with Crippen molar-refractivity contribution in [2.75, 3.05) is 18.1 Å². The summed E-state index contributed by atoms with van der Waals surface area (Å²) in [5.41, 5.74) is 6.39. The van der Waals surface area contributed by atoms with E-state index in [0.717, 1.165) is 25.7 Å². The molecule has 212 valence electrons. The summed E-state index contributed by atoms with van der Waals surface area (Å²) in [6.07, 6.45) is 4.82. The molecule has 0 aromatic rings. The second-order valence-corrected chi connectivity index (χ2v) is 11.5. The second kappa shape index (κ2) is 12.9. The quantitative estimate of drug-likeness (QED) is 0.127. The fourth-order valence-corrected chi connectivity index (χ4v) is 6.23. The zero-order valence-electron chi connectivity index (χ0n) is 21.6. The van der Waals surface area contributed by atoms with E-state index in [9.17, 15) is 24.0 Å². The van der Waals surface area contributed by atoms with E-state index >= 15 is 0 Å². The lowest BCUT2D eigenvalue weighted by Gasteiger charge is -2.23. The second-order valence-electron chi connectivity index (χ2n) is 10.4. The van der Waals surface area contributed by atoms with Crippen molar-refractivity contribution in [1.29, 1.82) is 0 Å². The Kier molecular flexibility index (Phi) is 10.2. The number of allylic oxidation sites excluding steroid dienone is 2. The molecule has 13 heteroatoms. The maximum absolute atomic E-state index is 12.9. The molecule has 0 saturated carbocycles. The molecule has 1 aliphatic carbocycles. The van der Waals surface area contributed by atoms with E-state index < -0.39 is 48.3 Å². The third kappa shape index (κ3) is 7.93. The number of thioether (sulfide) groups is 1. The zero-order chi connectivity index (χ0) is 28.0. The number of fused-ring (bicyclic) bond motifs is 3.